The second kappa shape index (κ2) is 12.9. The van der Waals surface area contributed by atoms with E-state index in [1.54, 1.807) is 7.11 Å². The lowest BCUT2D eigenvalue weighted by atomic mass is 10.1. The van der Waals surface area contributed by atoms with Crippen LogP contribution in [0.25, 0.3) is 0 Å². The molecule has 4 nitrogen and oxygen atoms in total. The van der Waals surface area contributed by atoms with Gasteiger partial charge < -0.3 is 19.5 Å². The van der Waals surface area contributed by atoms with Crippen molar-refractivity contribution in [2.75, 3.05) is 53.2 Å². The highest BCUT2D eigenvalue weighted by atomic mass is 16.5. The van der Waals surface area contributed by atoms with Crippen molar-refractivity contribution in [1.82, 2.24) is 5.32 Å². The first kappa shape index (κ1) is 15.8. The van der Waals surface area contributed by atoms with E-state index in [9.17, 15) is 0 Å². The molecule has 0 aliphatic rings. The Bertz CT molecular complexity index is 139. The van der Waals surface area contributed by atoms with E-state index in [0.29, 0.717) is 26.4 Å². The van der Waals surface area contributed by atoms with Crippen molar-refractivity contribution >= 4 is 0 Å². The van der Waals surface area contributed by atoms with E-state index >= 15 is 0 Å². The normalized spacial score (nSPS) is 12.9. The first-order chi connectivity index (χ1) is 7.81. The van der Waals surface area contributed by atoms with Crippen LogP contribution in [0.15, 0.2) is 0 Å². The highest BCUT2D eigenvalue weighted by Crippen LogP contribution is 1.96. The predicted molar refractivity (Wildman–Crippen MR) is 68.0 cm³/mol. The SMILES string of the molecule is CCC(C)CNCCOCCOCCOC.[HH]. The Morgan fingerprint density at radius 1 is 1.06 bits per heavy atom. The molecule has 1 unspecified atom stereocenters. The van der Waals surface area contributed by atoms with E-state index in [-0.39, 0.29) is 1.43 Å². The molecule has 0 aliphatic heterocycles. The standard InChI is InChI=1S/C12H27NO3.H2/c1-4-12(2)11-13-5-6-15-9-10-16-8-7-14-3;/h12-13H,4-11H2,1-3H3;1H. The summed E-state index contributed by atoms with van der Waals surface area (Å²) in [6.45, 7) is 9.81. The summed E-state index contributed by atoms with van der Waals surface area (Å²) < 4.78 is 15.5. The molecular weight excluding hydrogens is 206 g/mol. The summed E-state index contributed by atoms with van der Waals surface area (Å²) in [6.07, 6.45) is 1.22. The molecule has 16 heavy (non-hydrogen) atoms. The van der Waals surface area contributed by atoms with Gasteiger partial charge in [-0.25, -0.2) is 0 Å². The molecule has 0 heterocycles. The summed E-state index contributed by atoms with van der Waals surface area (Å²) in [4.78, 5) is 0. The van der Waals surface area contributed by atoms with Crippen LogP contribution >= 0.6 is 0 Å². The Balaban J connectivity index is 0. The van der Waals surface area contributed by atoms with Gasteiger partial charge in [-0.05, 0) is 12.5 Å². The molecule has 4 heteroatoms. The Labute approximate surface area is 101 Å². The van der Waals surface area contributed by atoms with Gasteiger partial charge in [-0.3, -0.25) is 0 Å². The third kappa shape index (κ3) is 11.9. The molecule has 0 aromatic carbocycles. The van der Waals surface area contributed by atoms with Crippen molar-refractivity contribution in [3.63, 3.8) is 0 Å². The van der Waals surface area contributed by atoms with Gasteiger partial charge in [-0.15, -0.1) is 0 Å². The van der Waals surface area contributed by atoms with Crippen molar-refractivity contribution < 1.29 is 15.6 Å². The van der Waals surface area contributed by atoms with E-state index in [1.165, 1.54) is 6.42 Å². The zero-order chi connectivity index (χ0) is 12.1. The monoisotopic (exact) mass is 235 g/mol. The summed E-state index contributed by atoms with van der Waals surface area (Å²) in [5.74, 6) is 0.748. The van der Waals surface area contributed by atoms with Crippen molar-refractivity contribution in [3.05, 3.63) is 0 Å². The number of nitrogens with one attached hydrogen (secondary N) is 1. The maximum absolute atomic E-state index is 5.40. The minimum absolute atomic E-state index is 0. The van der Waals surface area contributed by atoms with Crippen LogP contribution in [0.2, 0.25) is 0 Å². The minimum atomic E-state index is 0. The molecule has 0 spiro atoms. The molecule has 0 aromatic heterocycles. The lowest BCUT2D eigenvalue weighted by Gasteiger charge is -2.10. The highest BCUT2D eigenvalue weighted by Gasteiger charge is 1.96. The van der Waals surface area contributed by atoms with E-state index in [1.807, 2.05) is 0 Å². The molecule has 0 radical (unpaired) electrons. The summed E-state index contributed by atoms with van der Waals surface area (Å²) >= 11 is 0. The van der Waals surface area contributed by atoms with Crippen LogP contribution in [0, 0.1) is 5.92 Å². The molecule has 0 rings (SSSR count). The molecule has 1 N–H and O–H groups in total. The zero-order valence-corrected chi connectivity index (χ0v) is 11.0. The molecule has 1 atom stereocenters. The average Bonchev–Trinajstić information content (AvgIpc) is 2.31. The van der Waals surface area contributed by atoms with Gasteiger partial charge in [0.25, 0.3) is 0 Å². The molecule has 0 bridgehead atoms. The Morgan fingerprint density at radius 2 is 1.69 bits per heavy atom. The van der Waals surface area contributed by atoms with Crippen LogP contribution in [0.4, 0.5) is 0 Å². The zero-order valence-electron chi connectivity index (χ0n) is 11.0. The van der Waals surface area contributed by atoms with E-state index < -0.39 is 0 Å². The summed E-state index contributed by atoms with van der Waals surface area (Å²) in [6, 6.07) is 0. The maximum Gasteiger partial charge on any atom is 0.0701 e. The van der Waals surface area contributed by atoms with Gasteiger partial charge in [0.05, 0.1) is 33.0 Å². The van der Waals surface area contributed by atoms with Crippen LogP contribution in [-0.4, -0.2) is 53.2 Å². The summed E-state index contributed by atoms with van der Waals surface area (Å²) in [5, 5.41) is 3.36. The molecule has 0 amide bonds. The lowest BCUT2D eigenvalue weighted by molar-refractivity contribution is 0.0255. The van der Waals surface area contributed by atoms with Crippen LogP contribution in [0.5, 0.6) is 0 Å². The fraction of sp³-hybridized carbons (Fsp3) is 1.00. The Morgan fingerprint density at radius 3 is 2.31 bits per heavy atom. The summed E-state index contributed by atoms with van der Waals surface area (Å²) in [5.41, 5.74) is 0. The first-order valence-electron chi connectivity index (χ1n) is 6.16. The van der Waals surface area contributed by atoms with Crippen molar-refractivity contribution in [3.8, 4) is 0 Å². The van der Waals surface area contributed by atoms with Gasteiger partial charge >= 0.3 is 0 Å². The number of hydrogen-bond acceptors (Lipinski definition) is 4. The summed E-state index contributed by atoms with van der Waals surface area (Å²) in [7, 11) is 1.67. The molecular formula is C12H29NO3. The number of hydrogen-bond donors (Lipinski definition) is 1. The number of methoxy groups -OCH3 is 1. The van der Waals surface area contributed by atoms with Gasteiger partial charge in [-0.2, -0.15) is 0 Å². The van der Waals surface area contributed by atoms with Crippen LogP contribution in [0.1, 0.15) is 21.7 Å². The van der Waals surface area contributed by atoms with Crippen LogP contribution < -0.4 is 5.32 Å². The maximum atomic E-state index is 5.40. The minimum Gasteiger partial charge on any atom is -0.382 e. The molecule has 0 aliphatic carbocycles. The number of ether oxygens (including phenoxy) is 3. The van der Waals surface area contributed by atoms with Gasteiger partial charge in [0.2, 0.25) is 0 Å². The molecule has 0 aromatic rings. The van der Waals surface area contributed by atoms with Gasteiger partial charge in [-0.1, -0.05) is 20.3 Å². The molecule has 0 saturated carbocycles. The highest BCUT2D eigenvalue weighted by molar-refractivity contribution is 4.53. The van der Waals surface area contributed by atoms with E-state index in [0.717, 1.165) is 25.6 Å². The second-order valence-corrected chi connectivity index (χ2v) is 3.94. The topological polar surface area (TPSA) is 39.7 Å². The fourth-order valence-corrected chi connectivity index (χ4v) is 1.10. The van der Waals surface area contributed by atoms with Gasteiger partial charge in [0.15, 0.2) is 0 Å². The third-order valence-electron chi connectivity index (χ3n) is 2.42. The van der Waals surface area contributed by atoms with Gasteiger partial charge in [0, 0.05) is 15.1 Å². The average molecular weight is 235 g/mol. The van der Waals surface area contributed by atoms with E-state index in [2.05, 4.69) is 19.2 Å². The number of rotatable bonds is 12. The quantitative estimate of drug-likeness (QED) is 0.521. The van der Waals surface area contributed by atoms with Crippen LogP contribution in [0.3, 0.4) is 0 Å². The lowest BCUT2D eigenvalue weighted by Crippen LogP contribution is -2.25. The van der Waals surface area contributed by atoms with E-state index in [4.69, 9.17) is 14.2 Å². The van der Waals surface area contributed by atoms with Gasteiger partial charge in [0.1, 0.15) is 0 Å². The van der Waals surface area contributed by atoms with Crippen LogP contribution in [-0.2, 0) is 14.2 Å². The second-order valence-electron chi connectivity index (χ2n) is 3.94. The predicted octanol–water partition coefficient (Wildman–Crippen LogP) is 1.55. The fourth-order valence-electron chi connectivity index (χ4n) is 1.10. The Kier molecular flexibility index (Phi) is 12.8. The van der Waals surface area contributed by atoms with Crippen molar-refractivity contribution in [2.24, 2.45) is 5.92 Å². The van der Waals surface area contributed by atoms with Crippen molar-refractivity contribution in [2.45, 2.75) is 20.3 Å². The Hall–Kier alpha value is -0.160. The molecule has 0 fully saturated rings. The van der Waals surface area contributed by atoms with Crippen molar-refractivity contribution in [1.29, 1.82) is 0 Å². The molecule has 0 saturated heterocycles. The first-order valence-corrected chi connectivity index (χ1v) is 6.16. The third-order valence-corrected chi connectivity index (χ3v) is 2.42. The smallest absolute Gasteiger partial charge is 0.0701 e. The molecule has 100 valence electrons. The largest absolute Gasteiger partial charge is 0.382 e.